The zero-order valence-corrected chi connectivity index (χ0v) is 11.6. The molecule has 1 nitrogen and oxygen atoms in total. The quantitative estimate of drug-likeness (QED) is 0.531. The summed E-state index contributed by atoms with van der Waals surface area (Å²) in [5.41, 5.74) is 1.07. The van der Waals surface area contributed by atoms with Crippen LogP contribution < -0.4 is 0 Å². The fourth-order valence-corrected chi connectivity index (χ4v) is 1.20. The van der Waals surface area contributed by atoms with Gasteiger partial charge >= 0.3 is 6.18 Å². The van der Waals surface area contributed by atoms with Gasteiger partial charge in [-0.15, -0.1) is 24.7 Å². The topological polar surface area (TPSA) is 3.24 Å². The number of hydrogen-bond acceptors (Lipinski definition) is 1. The fourth-order valence-electron chi connectivity index (χ4n) is 1.20. The normalized spacial score (nSPS) is 15.9. The van der Waals surface area contributed by atoms with Gasteiger partial charge in [0, 0.05) is 32.7 Å². The van der Waals surface area contributed by atoms with Crippen LogP contribution in [0.2, 0.25) is 0 Å². The average molecular weight is 301 g/mol. The number of allylic oxidation sites excluding steroid dienone is 3. The zero-order chi connectivity index (χ0) is 11.6. The van der Waals surface area contributed by atoms with Crippen LogP contribution in [-0.4, -0.2) is 17.6 Å². The van der Waals surface area contributed by atoms with Crippen molar-refractivity contribution >= 4 is 0 Å². The Morgan fingerprint density at radius 3 is 2.56 bits per heavy atom. The summed E-state index contributed by atoms with van der Waals surface area (Å²) in [6.07, 6.45) is 4.98. The Morgan fingerprint density at radius 1 is 1.56 bits per heavy atom. The number of alkyl halides is 3. The molecule has 1 radical (unpaired) electrons. The molecule has 5 heteroatoms. The maximum absolute atomic E-state index is 12.2. The standard InChI is InChI=1S/C11H9F3N.Y/c1-4-10-5-8(2)6-15(9(10)3)7-11(12,13)14;/h1,5H,3,7H2,2H3;/q-1;. The molecule has 1 aliphatic heterocycles. The summed E-state index contributed by atoms with van der Waals surface area (Å²) in [6.45, 7) is 4.02. The summed E-state index contributed by atoms with van der Waals surface area (Å²) in [7, 11) is 0. The predicted molar refractivity (Wildman–Crippen MR) is 51.2 cm³/mol. The van der Waals surface area contributed by atoms with E-state index < -0.39 is 12.7 Å². The van der Waals surface area contributed by atoms with E-state index in [-0.39, 0.29) is 38.4 Å². The van der Waals surface area contributed by atoms with Gasteiger partial charge in [-0.3, -0.25) is 0 Å². The first-order valence-electron chi connectivity index (χ1n) is 4.15. The molecular formula is C11H9F3NY-. The van der Waals surface area contributed by atoms with Crippen LogP contribution in [0.3, 0.4) is 0 Å². The molecular weight excluding hydrogens is 292 g/mol. The van der Waals surface area contributed by atoms with E-state index in [1.807, 2.05) is 0 Å². The number of hydrogen-bond donors (Lipinski definition) is 0. The van der Waals surface area contributed by atoms with Crippen molar-refractivity contribution in [3.63, 3.8) is 0 Å². The van der Waals surface area contributed by atoms with E-state index in [0.29, 0.717) is 11.1 Å². The van der Waals surface area contributed by atoms with Crippen molar-refractivity contribution in [1.29, 1.82) is 0 Å². The van der Waals surface area contributed by atoms with Gasteiger partial charge in [0.05, 0.1) is 6.54 Å². The smallest absolute Gasteiger partial charge is 0.404 e. The fraction of sp³-hybridized carbons (Fsp3) is 0.273. The minimum absolute atomic E-state index is 0. The second kappa shape index (κ2) is 5.70. The first-order valence-corrected chi connectivity index (χ1v) is 4.15. The third-order valence-corrected chi connectivity index (χ3v) is 1.80. The maximum atomic E-state index is 12.2. The molecule has 0 unspecified atom stereocenters. The van der Waals surface area contributed by atoms with Crippen LogP contribution in [-0.2, 0) is 32.7 Å². The largest absolute Gasteiger partial charge is 0.448 e. The summed E-state index contributed by atoms with van der Waals surface area (Å²) in [6, 6.07) is 0. The van der Waals surface area contributed by atoms with Gasteiger partial charge < -0.3 is 4.90 Å². The number of nitrogens with zero attached hydrogens (tertiary/aromatic N) is 1. The molecule has 83 valence electrons. The van der Waals surface area contributed by atoms with Gasteiger partial charge in [0.15, 0.2) is 0 Å². The Bertz CT molecular complexity index is 385. The van der Waals surface area contributed by atoms with Crippen molar-refractivity contribution in [2.24, 2.45) is 0 Å². The molecule has 0 spiro atoms. The van der Waals surface area contributed by atoms with Gasteiger partial charge in [0.25, 0.3) is 0 Å². The molecule has 0 atom stereocenters. The maximum Gasteiger partial charge on any atom is 0.404 e. The molecule has 0 aliphatic carbocycles. The molecule has 16 heavy (non-hydrogen) atoms. The van der Waals surface area contributed by atoms with Crippen molar-refractivity contribution < 1.29 is 45.9 Å². The van der Waals surface area contributed by atoms with Crippen LogP contribution in [0.4, 0.5) is 13.2 Å². The van der Waals surface area contributed by atoms with Crippen LogP contribution >= 0.6 is 0 Å². The molecule has 1 heterocycles. The third-order valence-electron chi connectivity index (χ3n) is 1.80. The van der Waals surface area contributed by atoms with Gasteiger partial charge in [-0.05, 0) is 0 Å². The first kappa shape index (κ1) is 15.5. The van der Waals surface area contributed by atoms with Crippen LogP contribution in [0.1, 0.15) is 6.92 Å². The average Bonchev–Trinajstić information content (AvgIpc) is 2.08. The minimum Gasteiger partial charge on any atom is -0.448 e. The van der Waals surface area contributed by atoms with E-state index in [0.717, 1.165) is 4.90 Å². The van der Waals surface area contributed by atoms with Crippen LogP contribution in [0.25, 0.3) is 0 Å². The molecule has 0 amide bonds. The molecule has 0 saturated heterocycles. The van der Waals surface area contributed by atoms with E-state index in [9.17, 15) is 13.2 Å². The molecule has 0 N–H and O–H groups in total. The Hall–Kier alpha value is -0.526. The number of halogens is 3. The predicted octanol–water partition coefficient (Wildman–Crippen LogP) is 2.64. The zero-order valence-electron chi connectivity index (χ0n) is 8.73. The Morgan fingerprint density at radius 2 is 2.12 bits per heavy atom. The summed E-state index contributed by atoms with van der Waals surface area (Å²) in [5, 5.41) is 0. The third kappa shape index (κ3) is 4.15. The van der Waals surface area contributed by atoms with E-state index in [4.69, 9.17) is 6.42 Å². The van der Waals surface area contributed by atoms with Crippen molar-refractivity contribution in [2.45, 2.75) is 13.1 Å². The van der Waals surface area contributed by atoms with E-state index in [1.165, 1.54) is 0 Å². The molecule has 0 fully saturated rings. The van der Waals surface area contributed by atoms with Gasteiger partial charge in [0.2, 0.25) is 0 Å². The van der Waals surface area contributed by atoms with E-state index in [2.05, 4.69) is 18.7 Å². The number of rotatable bonds is 1. The minimum atomic E-state index is -4.30. The van der Waals surface area contributed by atoms with Crippen LogP contribution in [0, 0.1) is 18.5 Å². The van der Waals surface area contributed by atoms with Crippen molar-refractivity contribution in [2.75, 3.05) is 6.54 Å². The van der Waals surface area contributed by atoms with Gasteiger partial charge in [-0.25, -0.2) is 0 Å². The van der Waals surface area contributed by atoms with Gasteiger partial charge in [-0.2, -0.15) is 13.2 Å². The summed E-state index contributed by atoms with van der Waals surface area (Å²) in [5.74, 6) is 2.29. The monoisotopic (exact) mass is 301 g/mol. The van der Waals surface area contributed by atoms with Crippen molar-refractivity contribution in [3.05, 3.63) is 35.7 Å². The summed E-state index contributed by atoms with van der Waals surface area (Å²) in [4.78, 5) is 0.893. The van der Waals surface area contributed by atoms with Gasteiger partial charge in [-0.1, -0.05) is 30.3 Å². The van der Waals surface area contributed by atoms with Crippen molar-refractivity contribution in [1.82, 2.24) is 4.90 Å². The van der Waals surface area contributed by atoms with E-state index in [1.54, 1.807) is 13.0 Å². The molecule has 1 aliphatic rings. The summed E-state index contributed by atoms with van der Waals surface area (Å²) < 4.78 is 36.5. The molecule has 0 saturated carbocycles. The Balaban J connectivity index is 0.00000225. The Labute approximate surface area is 118 Å². The van der Waals surface area contributed by atoms with Gasteiger partial charge in [0.1, 0.15) is 0 Å². The summed E-state index contributed by atoms with van der Waals surface area (Å²) >= 11 is 0. The molecule has 1 rings (SSSR count). The SMILES string of the molecule is C#CC1=CC(C)=[C-]N(CC(F)(F)F)C1=C.[Y]. The molecule has 0 aromatic rings. The van der Waals surface area contributed by atoms with E-state index >= 15 is 0 Å². The number of terminal acetylenes is 1. The second-order valence-corrected chi connectivity index (χ2v) is 3.15. The molecule has 0 bridgehead atoms. The first-order chi connectivity index (χ1) is 6.83. The van der Waals surface area contributed by atoms with Crippen LogP contribution in [0.15, 0.2) is 29.5 Å². The second-order valence-electron chi connectivity index (χ2n) is 3.15. The molecule has 0 aromatic heterocycles. The van der Waals surface area contributed by atoms with Crippen LogP contribution in [0.5, 0.6) is 0 Å². The Kier molecular flexibility index (Phi) is 5.51. The molecule has 0 aromatic carbocycles. The van der Waals surface area contributed by atoms with Crippen molar-refractivity contribution in [3.8, 4) is 12.3 Å².